The van der Waals surface area contributed by atoms with E-state index in [9.17, 15) is 9.59 Å². The van der Waals surface area contributed by atoms with Gasteiger partial charge in [-0.05, 0) is 42.7 Å². The van der Waals surface area contributed by atoms with Crippen LogP contribution >= 0.6 is 0 Å². The van der Waals surface area contributed by atoms with Gasteiger partial charge in [-0.3, -0.25) is 4.90 Å². The van der Waals surface area contributed by atoms with Gasteiger partial charge in [0, 0.05) is 18.8 Å². The summed E-state index contributed by atoms with van der Waals surface area (Å²) >= 11 is 0. The summed E-state index contributed by atoms with van der Waals surface area (Å²) in [6.45, 7) is 2.00. The van der Waals surface area contributed by atoms with Gasteiger partial charge in [-0.1, -0.05) is 30.3 Å². The summed E-state index contributed by atoms with van der Waals surface area (Å²) in [4.78, 5) is 27.5. The molecule has 0 atom stereocenters. The van der Waals surface area contributed by atoms with Crippen LogP contribution in [0.2, 0.25) is 0 Å². The average molecular weight is 324 g/mol. The van der Waals surface area contributed by atoms with Crippen LogP contribution in [0.5, 0.6) is 0 Å². The maximum Gasteiger partial charge on any atom is 0.335 e. The molecule has 1 saturated heterocycles. The molecule has 2 aromatic rings. The Morgan fingerprint density at radius 3 is 2.17 bits per heavy atom. The Balaban J connectivity index is 1.84. The SMILES string of the molecule is O=C(O)c1ccc(CN(C(=O)N2CCCC2)c2ccccc2)cc1. The van der Waals surface area contributed by atoms with Crippen molar-refractivity contribution in [2.75, 3.05) is 18.0 Å². The molecule has 0 unspecified atom stereocenters. The van der Waals surface area contributed by atoms with Crippen molar-refractivity contribution in [3.05, 3.63) is 65.7 Å². The van der Waals surface area contributed by atoms with E-state index < -0.39 is 5.97 Å². The summed E-state index contributed by atoms with van der Waals surface area (Å²) in [6, 6.07) is 16.2. The Hall–Kier alpha value is -2.82. The van der Waals surface area contributed by atoms with Crippen molar-refractivity contribution < 1.29 is 14.7 Å². The lowest BCUT2D eigenvalue weighted by molar-refractivity contribution is 0.0697. The van der Waals surface area contributed by atoms with Crippen LogP contribution in [0.15, 0.2) is 54.6 Å². The second-order valence-electron chi connectivity index (χ2n) is 5.90. The summed E-state index contributed by atoms with van der Waals surface area (Å²) in [5.74, 6) is -0.949. The molecule has 2 aromatic carbocycles. The van der Waals surface area contributed by atoms with Crippen LogP contribution in [-0.2, 0) is 6.54 Å². The van der Waals surface area contributed by atoms with E-state index in [1.165, 1.54) is 0 Å². The molecular weight excluding hydrogens is 304 g/mol. The standard InChI is InChI=1S/C19H20N2O3/c22-18(23)16-10-8-15(9-11-16)14-21(17-6-2-1-3-7-17)19(24)20-12-4-5-13-20/h1-3,6-11H,4-5,12-14H2,(H,22,23). The lowest BCUT2D eigenvalue weighted by atomic mass is 10.1. The van der Waals surface area contributed by atoms with E-state index in [-0.39, 0.29) is 11.6 Å². The number of amides is 2. The number of anilines is 1. The van der Waals surface area contributed by atoms with E-state index in [0.717, 1.165) is 37.2 Å². The lowest BCUT2D eigenvalue weighted by Crippen LogP contribution is -2.41. The van der Waals surface area contributed by atoms with Gasteiger partial charge in [0.25, 0.3) is 0 Å². The fraction of sp³-hybridized carbons (Fsp3) is 0.263. The maximum absolute atomic E-state index is 12.9. The first-order valence-electron chi connectivity index (χ1n) is 8.09. The van der Waals surface area contributed by atoms with Crippen LogP contribution in [0.25, 0.3) is 0 Å². The zero-order valence-electron chi connectivity index (χ0n) is 13.4. The predicted molar refractivity (Wildman–Crippen MR) is 92.2 cm³/mol. The number of urea groups is 1. The molecule has 1 aliphatic heterocycles. The number of para-hydroxylation sites is 1. The second kappa shape index (κ2) is 7.17. The summed E-state index contributed by atoms with van der Waals surface area (Å²) in [7, 11) is 0. The smallest absolute Gasteiger partial charge is 0.335 e. The average Bonchev–Trinajstić information content (AvgIpc) is 3.15. The molecule has 1 heterocycles. The van der Waals surface area contributed by atoms with Crippen molar-refractivity contribution in [3.63, 3.8) is 0 Å². The zero-order chi connectivity index (χ0) is 16.9. The van der Waals surface area contributed by atoms with Crippen LogP contribution < -0.4 is 4.90 Å². The molecule has 1 fully saturated rings. The van der Waals surface area contributed by atoms with Gasteiger partial charge >= 0.3 is 12.0 Å². The molecule has 24 heavy (non-hydrogen) atoms. The summed E-state index contributed by atoms with van der Waals surface area (Å²) in [5.41, 5.74) is 1.99. The van der Waals surface area contributed by atoms with Crippen LogP contribution in [0, 0.1) is 0 Å². The number of hydrogen-bond donors (Lipinski definition) is 1. The number of carboxylic acid groups (broad SMARTS) is 1. The van der Waals surface area contributed by atoms with Crippen molar-refractivity contribution in [2.45, 2.75) is 19.4 Å². The first kappa shape index (κ1) is 16.1. The highest BCUT2D eigenvalue weighted by molar-refractivity contribution is 5.92. The molecule has 124 valence electrons. The van der Waals surface area contributed by atoms with E-state index in [2.05, 4.69) is 0 Å². The molecule has 1 aliphatic rings. The molecule has 0 saturated carbocycles. The Kier molecular flexibility index (Phi) is 4.79. The minimum Gasteiger partial charge on any atom is -0.478 e. The number of carbonyl (C=O) groups excluding carboxylic acids is 1. The summed E-state index contributed by atoms with van der Waals surface area (Å²) in [5, 5.41) is 9.00. The third-order valence-corrected chi connectivity index (χ3v) is 4.22. The fourth-order valence-electron chi connectivity index (χ4n) is 2.89. The van der Waals surface area contributed by atoms with Gasteiger partial charge < -0.3 is 10.0 Å². The Morgan fingerprint density at radius 1 is 0.958 bits per heavy atom. The first-order valence-corrected chi connectivity index (χ1v) is 8.09. The normalized spacial score (nSPS) is 13.8. The third kappa shape index (κ3) is 3.56. The number of aromatic carboxylic acids is 1. The number of carbonyl (C=O) groups is 2. The van der Waals surface area contributed by atoms with Crippen molar-refractivity contribution in [1.82, 2.24) is 4.90 Å². The number of nitrogens with zero attached hydrogens (tertiary/aromatic N) is 2. The molecule has 0 spiro atoms. The lowest BCUT2D eigenvalue weighted by Gasteiger charge is -2.28. The molecule has 0 aromatic heterocycles. The highest BCUT2D eigenvalue weighted by Gasteiger charge is 2.24. The van der Waals surface area contributed by atoms with Crippen LogP contribution in [0.1, 0.15) is 28.8 Å². The molecule has 0 radical (unpaired) electrons. The number of rotatable bonds is 4. The first-order chi connectivity index (χ1) is 11.6. The van der Waals surface area contributed by atoms with E-state index in [1.807, 2.05) is 35.2 Å². The van der Waals surface area contributed by atoms with E-state index in [4.69, 9.17) is 5.11 Å². The van der Waals surface area contributed by atoms with E-state index in [0.29, 0.717) is 6.54 Å². The minimum atomic E-state index is -0.949. The third-order valence-electron chi connectivity index (χ3n) is 4.22. The number of carboxylic acids is 1. The molecule has 2 amide bonds. The van der Waals surface area contributed by atoms with Crippen molar-refractivity contribution >= 4 is 17.7 Å². The number of likely N-dealkylation sites (tertiary alicyclic amines) is 1. The zero-order valence-corrected chi connectivity index (χ0v) is 13.4. The predicted octanol–water partition coefficient (Wildman–Crippen LogP) is 3.61. The molecule has 5 heteroatoms. The molecule has 0 aliphatic carbocycles. The molecule has 5 nitrogen and oxygen atoms in total. The van der Waals surface area contributed by atoms with Gasteiger partial charge in [-0.25, -0.2) is 9.59 Å². The summed E-state index contributed by atoms with van der Waals surface area (Å²) in [6.07, 6.45) is 2.09. The van der Waals surface area contributed by atoms with Gasteiger partial charge in [-0.2, -0.15) is 0 Å². The van der Waals surface area contributed by atoms with Gasteiger partial charge in [0.2, 0.25) is 0 Å². The molecular formula is C19H20N2O3. The highest BCUT2D eigenvalue weighted by Crippen LogP contribution is 2.21. The van der Waals surface area contributed by atoms with Crippen LogP contribution in [-0.4, -0.2) is 35.1 Å². The van der Waals surface area contributed by atoms with Crippen molar-refractivity contribution in [3.8, 4) is 0 Å². The van der Waals surface area contributed by atoms with E-state index in [1.54, 1.807) is 29.2 Å². The minimum absolute atomic E-state index is 0.000936. The number of benzene rings is 2. The maximum atomic E-state index is 12.9. The largest absolute Gasteiger partial charge is 0.478 e. The van der Waals surface area contributed by atoms with Gasteiger partial charge in [0.15, 0.2) is 0 Å². The van der Waals surface area contributed by atoms with Gasteiger partial charge in [-0.15, -0.1) is 0 Å². The van der Waals surface area contributed by atoms with Crippen molar-refractivity contribution in [2.24, 2.45) is 0 Å². The van der Waals surface area contributed by atoms with Gasteiger partial charge in [0.1, 0.15) is 0 Å². The van der Waals surface area contributed by atoms with Crippen LogP contribution in [0.3, 0.4) is 0 Å². The van der Waals surface area contributed by atoms with Crippen molar-refractivity contribution in [1.29, 1.82) is 0 Å². The number of hydrogen-bond acceptors (Lipinski definition) is 2. The Morgan fingerprint density at radius 2 is 1.58 bits per heavy atom. The topological polar surface area (TPSA) is 60.9 Å². The molecule has 1 N–H and O–H groups in total. The quantitative estimate of drug-likeness (QED) is 0.934. The van der Waals surface area contributed by atoms with Gasteiger partial charge in [0.05, 0.1) is 12.1 Å². The molecule has 0 bridgehead atoms. The Labute approximate surface area is 141 Å². The second-order valence-corrected chi connectivity index (χ2v) is 5.90. The molecule has 3 rings (SSSR count). The fourth-order valence-corrected chi connectivity index (χ4v) is 2.89. The Bertz CT molecular complexity index is 707. The van der Waals surface area contributed by atoms with E-state index >= 15 is 0 Å². The van der Waals surface area contributed by atoms with Crippen LogP contribution in [0.4, 0.5) is 10.5 Å². The highest BCUT2D eigenvalue weighted by atomic mass is 16.4. The monoisotopic (exact) mass is 324 g/mol. The summed E-state index contributed by atoms with van der Waals surface area (Å²) < 4.78 is 0.